The van der Waals surface area contributed by atoms with Gasteiger partial charge < -0.3 is 14.8 Å². The number of ether oxygens (including phenoxy) is 2. The van der Waals surface area contributed by atoms with Crippen molar-refractivity contribution in [2.24, 2.45) is 10.8 Å². The van der Waals surface area contributed by atoms with Crippen molar-refractivity contribution in [3.8, 4) is 0 Å². The lowest BCUT2D eigenvalue weighted by atomic mass is 9.95. The summed E-state index contributed by atoms with van der Waals surface area (Å²) in [6, 6.07) is 0.0617. The van der Waals surface area contributed by atoms with E-state index in [9.17, 15) is 0 Å². The van der Waals surface area contributed by atoms with Crippen LogP contribution < -0.4 is 16.6 Å². The average Bonchev–Trinajstić information content (AvgIpc) is 2.29. The molecule has 1 aliphatic rings. The van der Waals surface area contributed by atoms with E-state index >= 15 is 0 Å². The zero-order valence-electron chi connectivity index (χ0n) is 11.0. The smallest absolute Gasteiger partial charge is 0.206 e. The van der Waals surface area contributed by atoms with Crippen molar-refractivity contribution in [3.05, 3.63) is 0 Å². The molecule has 1 fully saturated rings. The monoisotopic (exact) mass is 244 g/mol. The second-order valence-corrected chi connectivity index (χ2v) is 4.77. The SMILES string of the molecule is COCC(C)N=C(NN)NC1(C)CCCOC1. The largest absolute Gasteiger partial charge is 0.382 e. The Morgan fingerprint density at radius 3 is 2.94 bits per heavy atom. The molecule has 1 saturated heterocycles. The van der Waals surface area contributed by atoms with Crippen molar-refractivity contribution < 1.29 is 9.47 Å². The van der Waals surface area contributed by atoms with Crippen LogP contribution in [0.15, 0.2) is 4.99 Å². The highest BCUT2D eigenvalue weighted by atomic mass is 16.5. The van der Waals surface area contributed by atoms with E-state index in [2.05, 4.69) is 22.7 Å². The molecular weight excluding hydrogens is 220 g/mol. The van der Waals surface area contributed by atoms with Crippen LogP contribution in [-0.2, 0) is 9.47 Å². The Morgan fingerprint density at radius 2 is 2.41 bits per heavy atom. The van der Waals surface area contributed by atoms with E-state index in [4.69, 9.17) is 15.3 Å². The van der Waals surface area contributed by atoms with Gasteiger partial charge in [0.05, 0.1) is 24.8 Å². The van der Waals surface area contributed by atoms with Gasteiger partial charge in [-0.15, -0.1) is 0 Å². The number of hydrazine groups is 1. The van der Waals surface area contributed by atoms with E-state index in [-0.39, 0.29) is 11.6 Å². The Labute approximate surface area is 103 Å². The minimum absolute atomic E-state index is 0.0617. The third-order valence-electron chi connectivity index (χ3n) is 2.75. The van der Waals surface area contributed by atoms with E-state index in [0.717, 1.165) is 19.4 Å². The first-order valence-electron chi connectivity index (χ1n) is 5.99. The van der Waals surface area contributed by atoms with Gasteiger partial charge >= 0.3 is 0 Å². The molecule has 0 aromatic heterocycles. The van der Waals surface area contributed by atoms with Gasteiger partial charge in [-0.05, 0) is 26.7 Å². The Hall–Kier alpha value is -0.850. The summed E-state index contributed by atoms with van der Waals surface area (Å²) in [6.07, 6.45) is 2.10. The molecule has 0 aromatic carbocycles. The number of hydrogen-bond donors (Lipinski definition) is 3. The molecule has 0 amide bonds. The maximum Gasteiger partial charge on any atom is 0.206 e. The molecule has 0 aromatic rings. The van der Waals surface area contributed by atoms with Crippen LogP contribution in [0.5, 0.6) is 0 Å². The van der Waals surface area contributed by atoms with Gasteiger partial charge in [0.25, 0.3) is 0 Å². The van der Waals surface area contributed by atoms with Crippen molar-refractivity contribution in [2.45, 2.75) is 38.3 Å². The van der Waals surface area contributed by atoms with Crippen molar-refractivity contribution >= 4 is 5.96 Å². The first-order valence-corrected chi connectivity index (χ1v) is 5.99. The topological polar surface area (TPSA) is 80.9 Å². The summed E-state index contributed by atoms with van der Waals surface area (Å²) in [6.45, 7) is 6.16. The number of methoxy groups -OCH3 is 1. The summed E-state index contributed by atoms with van der Waals surface area (Å²) >= 11 is 0. The highest BCUT2D eigenvalue weighted by Gasteiger charge is 2.28. The molecule has 17 heavy (non-hydrogen) atoms. The van der Waals surface area contributed by atoms with Crippen LogP contribution >= 0.6 is 0 Å². The fourth-order valence-electron chi connectivity index (χ4n) is 1.92. The Balaban J connectivity index is 2.55. The fraction of sp³-hybridized carbons (Fsp3) is 0.909. The Morgan fingerprint density at radius 1 is 1.65 bits per heavy atom. The minimum atomic E-state index is -0.101. The van der Waals surface area contributed by atoms with Crippen molar-refractivity contribution in [2.75, 3.05) is 26.9 Å². The van der Waals surface area contributed by atoms with Crippen LogP contribution in [0.3, 0.4) is 0 Å². The van der Waals surface area contributed by atoms with E-state index in [1.165, 1.54) is 0 Å². The molecule has 2 unspecified atom stereocenters. The molecule has 0 radical (unpaired) electrons. The summed E-state index contributed by atoms with van der Waals surface area (Å²) in [5.74, 6) is 6.05. The molecule has 6 nitrogen and oxygen atoms in total. The van der Waals surface area contributed by atoms with Crippen molar-refractivity contribution in [1.82, 2.24) is 10.7 Å². The lowest BCUT2D eigenvalue weighted by Crippen LogP contribution is -2.56. The van der Waals surface area contributed by atoms with Gasteiger partial charge in [-0.1, -0.05) is 0 Å². The first-order chi connectivity index (χ1) is 8.09. The lowest BCUT2D eigenvalue weighted by Gasteiger charge is -2.35. The first kappa shape index (κ1) is 14.2. The number of nitrogens with two attached hydrogens (primary N) is 1. The second kappa shape index (κ2) is 6.78. The molecule has 6 heteroatoms. The molecule has 0 aliphatic carbocycles. The van der Waals surface area contributed by atoms with Crippen LogP contribution in [0.4, 0.5) is 0 Å². The lowest BCUT2D eigenvalue weighted by molar-refractivity contribution is 0.0366. The number of rotatable bonds is 4. The minimum Gasteiger partial charge on any atom is -0.382 e. The van der Waals surface area contributed by atoms with E-state index in [0.29, 0.717) is 19.2 Å². The highest BCUT2D eigenvalue weighted by Crippen LogP contribution is 2.17. The number of nitrogens with zero attached hydrogens (tertiary/aromatic N) is 1. The maximum absolute atomic E-state index is 5.47. The fourth-order valence-corrected chi connectivity index (χ4v) is 1.92. The number of nitrogens with one attached hydrogen (secondary N) is 2. The summed E-state index contributed by atoms with van der Waals surface area (Å²) in [5, 5.41) is 3.30. The molecule has 1 rings (SSSR count). The normalized spacial score (nSPS) is 27.6. The summed E-state index contributed by atoms with van der Waals surface area (Å²) in [7, 11) is 1.66. The number of hydrogen-bond acceptors (Lipinski definition) is 4. The Kier molecular flexibility index (Phi) is 5.67. The third-order valence-corrected chi connectivity index (χ3v) is 2.75. The van der Waals surface area contributed by atoms with Gasteiger partial charge in [-0.2, -0.15) is 0 Å². The van der Waals surface area contributed by atoms with Gasteiger partial charge in [0.1, 0.15) is 0 Å². The van der Waals surface area contributed by atoms with E-state index in [1.807, 2.05) is 6.92 Å². The van der Waals surface area contributed by atoms with Crippen LogP contribution in [0.2, 0.25) is 0 Å². The van der Waals surface area contributed by atoms with Crippen molar-refractivity contribution in [3.63, 3.8) is 0 Å². The summed E-state index contributed by atoms with van der Waals surface area (Å²) in [4.78, 5) is 4.41. The average molecular weight is 244 g/mol. The predicted octanol–water partition coefficient (Wildman–Crippen LogP) is -0.000700. The van der Waals surface area contributed by atoms with Crippen LogP contribution in [0.1, 0.15) is 26.7 Å². The molecule has 0 saturated carbocycles. The predicted molar refractivity (Wildman–Crippen MR) is 67.7 cm³/mol. The number of aliphatic imine (C=N–C) groups is 1. The summed E-state index contributed by atoms with van der Waals surface area (Å²) < 4.78 is 10.5. The zero-order valence-corrected chi connectivity index (χ0v) is 11.0. The van der Waals surface area contributed by atoms with E-state index in [1.54, 1.807) is 7.11 Å². The molecule has 0 spiro atoms. The molecule has 4 N–H and O–H groups in total. The van der Waals surface area contributed by atoms with Gasteiger partial charge in [-0.25, -0.2) is 10.8 Å². The van der Waals surface area contributed by atoms with Crippen LogP contribution in [0, 0.1) is 0 Å². The van der Waals surface area contributed by atoms with Crippen molar-refractivity contribution in [1.29, 1.82) is 0 Å². The molecule has 2 atom stereocenters. The molecule has 100 valence electrons. The second-order valence-electron chi connectivity index (χ2n) is 4.77. The summed E-state index contributed by atoms with van der Waals surface area (Å²) in [5.41, 5.74) is 2.49. The van der Waals surface area contributed by atoms with Gasteiger partial charge in [-0.3, -0.25) is 5.43 Å². The van der Waals surface area contributed by atoms with Gasteiger partial charge in [0.2, 0.25) is 5.96 Å². The zero-order chi connectivity index (χ0) is 12.7. The standard InChI is InChI=1S/C11H24N4O2/c1-9(7-16-3)13-10(15-12)14-11(2)5-4-6-17-8-11/h9H,4-8,12H2,1-3H3,(H2,13,14,15). The molecule has 0 bridgehead atoms. The Bertz CT molecular complexity index is 252. The van der Waals surface area contributed by atoms with Crippen LogP contribution in [0.25, 0.3) is 0 Å². The number of guanidine groups is 1. The maximum atomic E-state index is 5.47. The van der Waals surface area contributed by atoms with Crippen LogP contribution in [-0.4, -0.2) is 44.5 Å². The molecule has 1 heterocycles. The van der Waals surface area contributed by atoms with Gasteiger partial charge in [0.15, 0.2) is 0 Å². The molecule has 1 aliphatic heterocycles. The van der Waals surface area contributed by atoms with E-state index < -0.39 is 0 Å². The highest BCUT2D eigenvalue weighted by molar-refractivity contribution is 5.80. The third kappa shape index (κ3) is 4.89. The molecular formula is C11H24N4O2. The van der Waals surface area contributed by atoms with Gasteiger partial charge in [0, 0.05) is 13.7 Å². The quantitative estimate of drug-likeness (QED) is 0.281.